The lowest BCUT2D eigenvalue weighted by molar-refractivity contribution is 0.670. The van der Waals surface area contributed by atoms with Gasteiger partial charge in [0.05, 0.1) is 22.2 Å². The molecule has 12 aromatic carbocycles. The van der Waals surface area contributed by atoms with Gasteiger partial charge in [-0.25, -0.2) is 0 Å². The number of furan rings is 1. The summed E-state index contributed by atoms with van der Waals surface area (Å²) in [5.41, 5.74) is 16.4. The molecule has 0 atom stereocenters. The zero-order valence-electron chi connectivity index (χ0n) is 37.7. The highest BCUT2D eigenvalue weighted by Gasteiger charge is 2.46. The highest BCUT2D eigenvalue weighted by molar-refractivity contribution is 6.25. The maximum absolute atomic E-state index is 7.32. The normalized spacial score (nSPS) is 12.8. The van der Waals surface area contributed by atoms with Gasteiger partial charge in [0.25, 0.3) is 0 Å². The maximum Gasteiger partial charge on any atom is 0.143 e. The van der Waals surface area contributed by atoms with Crippen molar-refractivity contribution in [3.05, 3.63) is 283 Å². The number of rotatable bonds is 7. The first-order valence-electron chi connectivity index (χ1n) is 23.8. The third kappa shape index (κ3) is 5.86. The van der Waals surface area contributed by atoms with Gasteiger partial charge in [-0.15, -0.1) is 0 Å². The zero-order chi connectivity index (χ0) is 45.5. The molecule has 1 aromatic heterocycles. The lowest BCUT2D eigenvalue weighted by Gasteiger charge is -2.35. The topological polar surface area (TPSA) is 16.4 Å². The van der Waals surface area contributed by atoms with Crippen LogP contribution in [0, 0.1) is 0 Å². The first kappa shape index (κ1) is 39.2. The largest absolute Gasteiger partial charge is 0.455 e. The minimum Gasteiger partial charge on any atom is -0.455 e. The average Bonchev–Trinajstić information content (AvgIpc) is 3.95. The molecule has 322 valence electrons. The van der Waals surface area contributed by atoms with Gasteiger partial charge in [0.2, 0.25) is 0 Å². The molecule has 0 spiro atoms. The highest BCUT2D eigenvalue weighted by Crippen LogP contribution is 2.58. The van der Waals surface area contributed by atoms with E-state index in [1.54, 1.807) is 0 Å². The van der Waals surface area contributed by atoms with E-state index in [1.165, 1.54) is 54.9 Å². The smallest absolute Gasteiger partial charge is 0.143 e. The fourth-order valence-electron chi connectivity index (χ4n) is 11.8. The van der Waals surface area contributed by atoms with Crippen LogP contribution in [-0.2, 0) is 5.41 Å². The van der Waals surface area contributed by atoms with Gasteiger partial charge in [-0.3, -0.25) is 0 Å². The summed E-state index contributed by atoms with van der Waals surface area (Å²) in [5.74, 6) is 0. The molecule has 2 nitrogen and oxygen atoms in total. The van der Waals surface area contributed by atoms with Crippen LogP contribution in [0.4, 0.5) is 17.1 Å². The van der Waals surface area contributed by atoms with Crippen LogP contribution in [0.15, 0.2) is 265 Å². The molecule has 0 N–H and O–H groups in total. The molecule has 1 aliphatic carbocycles. The van der Waals surface area contributed by atoms with Crippen LogP contribution in [0.1, 0.15) is 22.3 Å². The Morgan fingerprint density at radius 1 is 0.333 bits per heavy atom. The third-order valence-corrected chi connectivity index (χ3v) is 14.7. The quantitative estimate of drug-likeness (QED) is 0.148. The lowest BCUT2D eigenvalue weighted by Crippen LogP contribution is -2.28. The Balaban J connectivity index is 1.09. The van der Waals surface area contributed by atoms with Crippen molar-refractivity contribution in [3.8, 4) is 33.4 Å². The molecule has 69 heavy (non-hydrogen) atoms. The van der Waals surface area contributed by atoms with E-state index in [0.717, 1.165) is 72.0 Å². The van der Waals surface area contributed by atoms with Crippen molar-refractivity contribution < 1.29 is 4.42 Å². The summed E-state index contributed by atoms with van der Waals surface area (Å²) in [6, 6.07) is 95.5. The van der Waals surface area contributed by atoms with Crippen LogP contribution in [-0.4, -0.2) is 0 Å². The molecule has 14 rings (SSSR count). The standard InChI is InChI=1S/C67H43NO/c1-4-21-44(22-5-1)51-30-17-19-36-61(51)68(49-39-40-56-55-34-16-18-35-59(55)67(60(56)43-49,47-25-6-2-7-26-47)48-27-8-3-9-28-48)62-37-20-38-63-65(62)58-42-46-24-11-13-31-52(46)64(66(58)69-63)57-41-45-23-10-12-29-50(45)53-32-14-15-33-54(53)57/h1-43H. The first-order valence-corrected chi connectivity index (χ1v) is 23.8. The summed E-state index contributed by atoms with van der Waals surface area (Å²) < 4.78 is 7.32. The Kier molecular flexibility index (Phi) is 8.84. The van der Waals surface area contributed by atoms with Gasteiger partial charge in [0, 0.05) is 22.2 Å². The van der Waals surface area contributed by atoms with Gasteiger partial charge in [-0.05, 0) is 119 Å². The molecular weight excluding hydrogens is 835 g/mol. The Bertz CT molecular complexity index is 4090. The molecule has 0 fully saturated rings. The molecule has 0 unspecified atom stereocenters. The maximum atomic E-state index is 7.32. The summed E-state index contributed by atoms with van der Waals surface area (Å²) in [4.78, 5) is 2.49. The highest BCUT2D eigenvalue weighted by atomic mass is 16.3. The summed E-state index contributed by atoms with van der Waals surface area (Å²) >= 11 is 0. The fraction of sp³-hybridized carbons (Fsp3) is 0.0149. The van der Waals surface area contributed by atoms with Crippen molar-refractivity contribution in [3.63, 3.8) is 0 Å². The zero-order valence-corrected chi connectivity index (χ0v) is 37.7. The van der Waals surface area contributed by atoms with Crippen LogP contribution in [0.3, 0.4) is 0 Å². The molecular formula is C67H43NO. The minimum absolute atomic E-state index is 0.570. The summed E-state index contributed by atoms with van der Waals surface area (Å²) in [5, 5.41) is 9.34. The predicted molar refractivity (Wildman–Crippen MR) is 289 cm³/mol. The van der Waals surface area contributed by atoms with E-state index in [4.69, 9.17) is 4.42 Å². The lowest BCUT2D eigenvalue weighted by atomic mass is 9.67. The van der Waals surface area contributed by atoms with Crippen molar-refractivity contribution in [1.82, 2.24) is 0 Å². The van der Waals surface area contributed by atoms with E-state index in [1.807, 2.05) is 0 Å². The van der Waals surface area contributed by atoms with E-state index in [2.05, 4.69) is 266 Å². The number of benzene rings is 12. The summed E-state index contributed by atoms with van der Waals surface area (Å²) in [6.07, 6.45) is 0. The fourth-order valence-corrected chi connectivity index (χ4v) is 11.8. The van der Waals surface area contributed by atoms with Crippen LogP contribution >= 0.6 is 0 Å². The second-order valence-electron chi connectivity index (χ2n) is 18.3. The van der Waals surface area contributed by atoms with E-state index in [9.17, 15) is 0 Å². The molecule has 2 heteroatoms. The van der Waals surface area contributed by atoms with Crippen molar-refractivity contribution in [2.75, 3.05) is 4.90 Å². The van der Waals surface area contributed by atoms with Crippen molar-refractivity contribution >= 4 is 71.3 Å². The molecule has 0 amide bonds. The van der Waals surface area contributed by atoms with Gasteiger partial charge in [-0.2, -0.15) is 0 Å². The molecule has 0 radical (unpaired) electrons. The van der Waals surface area contributed by atoms with E-state index in [-0.39, 0.29) is 0 Å². The van der Waals surface area contributed by atoms with E-state index < -0.39 is 5.41 Å². The Labute approximate surface area is 400 Å². The number of hydrogen-bond donors (Lipinski definition) is 0. The molecule has 0 aliphatic heterocycles. The number of anilines is 3. The second-order valence-corrected chi connectivity index (χ2v) is 18.3. The van der Waals surface area contributed by atoms with Gasteiger partial charge >= 0.3 is 0 Å². The number of hydrogen-bond acceptors (Lipinski definition) is 2. The van der Waals surface area contributed by atoms with Crippen LogP contribution in [0.5, 0.6) is 0 Å². The van der Waals surface area contributed by atoms with Crippen molar-refractivity contribution in [1.29, 1.82) is 0 Å². The van der Waals surface area contributed by atoms with Gasteiger partial charge in [0.15, 0.2) is 0 Å². The molecule has 13 aromatic rings. The Morgan fingerprint density at radius 3 is 1.65 bits per heavy atom. The Morgan fingerprint density at radius 2 is 0.899 bits per heavy atom. The first-order chi connectivity index (χ1) is 34.3. The van der Waals surface area contributed by atoms with Gasteiger partial charge in [0.1, 0.15) is 11.2 Å². The SMILES string of the molecule is c1ccc(-c2ccccc2N(c2ccc3c(c2)C(c2ccccc2)(c2ccccc2)c2ccccc2-3)c2cccc3oc4c(-c5cc6ccccc6c6ccccc56)c5ccccc5cc4c23)cc1. The average molecular weight is 878 g/mol. The third-order valence-electron chi connectivity index (χ3n) is 14.7. The minimum atomic E-state index is -0.570. The van der Waals surface area contributed by atoms with Gasteiger partial charge in [-0.1, -0.05) is 218 Å². The molecule has 1 aliphatic rings. The molecule has 0 saturated heterocycles. The van der Waals surface area contributed by atoms with Crippen LogP contribution < -0.4 is 4.90 Å². The summed E-state index contributed by atoms with van der Waals surface area (Å²) in [7, 11) is 0. The van der Waals surface area contributed by atoms with E-state index >= 15 is 0 Å². The number of fused-ring (bicyclic) bond motifs is 10. The molecule has 0 saturated carbocycles. The summed E-state index contributed by atoms with van der Waals surface area (Å²) in [6.45, 7) is 0. The Hall–Kier alpha value is -8.98. The number of para-hydroxylation sites is 1. The van der Waals surface area contributed by atoms with Crippen molar-refractivity contribution in [2.45, 2.75) is 5.41 Å². The van der Waals surface area contributed by atoms with E-state index in [0.29, 0.717) is 0 Å². The second kappa shape index (κ2) is 15.6. The van der Waals surface area contributed by atoms with Crippen molar-refractivity contribution in [2.24, 2.45) is 0 Å². The monoisotopic (exact) mass is 877 g/mol. The van der Waals surface area contributed by atoms with Gasteiger partial charge < -0.3 is 9.32 Å². The molecule has 1 heterocycles. The molecule has 0 bridgehead atoms. The predicted octanol–water partition coefficient (Wildman–Crippen LogP) is 18.2. The number of nitrogens with zero attached hydrogens (tertiary/aromatic N) is 1. The van der Waals surface area contributed by atoms with Crippen LogP contribution in [0.25, 0.3) is 87.6 Å². The van der Waals surface area contributed by atoms with Crippen LogP contribution in [0.2, 0.25) is 0 Å².